The van der Waals surface area contributed by atoms with Crippen LogP contribution in [0.25, 0.3) is 0 Å². The number of benzene rings is 2. The van der Waals surface area contributed by atoms with Gasteiger partial charge < -0.3 is 9.64 Å². The van der Waals surface area contributed by atoms with Gasteiger partial charge in [0.05, 0.1) is 18.8 Å². The summed E-state index contributed by atoms with van der Waals surface area (Å²) in [5, 5.41) is 4.44. The molecule has 3 aromatic rings. The quantitative estimate of drug-likeness (QED) is 0.611. The van der Waals surface area contributed by atoms with Crippen LogP contribution in [0.3, 0.4) is 0 Å². The van der Waals surface area contributed by atoms with Gasteiger partial charge in [-0.2, -0.15) is 5.10 Å². The topological polar surface area (TPSA) is 64.4 Å². The summed E-state index contributed by atoms with van der Waals surface area (Å²) >= 11 is 0. The minimum atomic E-state index is -0.373. The maximum Gasteiger partial charge on any atom is 0.276 e. The first-order valence-electron chi connectivity index (χ1n) is 10.7. The van der Waals surface area contributed by atoms with E-state index in [9.17, 15) is 9.59 Å². The molecule has 1 amide bonds. The van der Waals surface area contributed by atoms with E-state index in [1.54, 1.807) is 11.6 Å². The standard InChI is InChI=1S/C25H27N3O3/c1-4-31-24-21(29)15-26-28-20(16-27(17(2)3)25(30)23(24)28)22(18-11-7-5-8-12-18)19-13-9-6-10-14-19/h5-15,17,20,22H,4,16H2,1-3H3. The number of carbonyl (C=O) groups is 1. The number of hydrogen-bond donors (Lipinski definition) is 0. The Morgan fingerprint density at radius 1 is 1.00 bits per heavy atom. The third kappa shape index (κ3) is 3.85. The van der Waals surface area contributed by atoms with Gasteiger partial charge in [0.1, 0.15) is 0 Å². The second-order valence-electron chi connectivity index (χ2n) is 7.98. The number of fused-ring (bicyclic) bond motifs is 1. The van der Waals surface area contributed by atoms with Crippen LogP contribution in [0.5, 0.6) is 5.75 Å². The molecule has 0 N–H and O–H groups in total. The fourth-order valence-corrected chi connectivity index (χ4v) is 4.33. The largest absolute Gasteiger partial charge is 0.488 e. The second kappa shape index (κ2) is 8.76. The monoisotopic (exact) mass is 417 g/mol. The van der Waals surface area contributed by atoms with Crippen LogP contribution in [0, 0.1) is 0 Å². The summed E-state index contributed by atoms with van der Waals surface area (Å²) in [6, 6.07) is 20.2. The summed E-state index contributed by atoms with van der Waals surface area (Å²) in [6.45, 7) is 6.56. The highest BCUT2D eigenvalue weighted by Crippen LogP contribution is 2.39. The van der Waals surface area contributed by atoms with E-state index in [0.29, 0.717) is 13.2 Å². The molecular weight excluding hydrogens is 390 g/mol. The zero-order valence-corrected chi connectivity index (χ0v) is 18.1. The Kier molecular flexibility index (Phi) is 5.89. The summed E-state index contributed by atoms with van der Waals surface area (Å²) in [6.07, 6.45) is 1.26. The predicted octanol–water partition coefficient (Wildman–Crippen LogP) is 3.88. The van der Waals surface area contributed by atoms with Crippen LogP contribution in [0.15, 0.2) is 71.7 Å². The summed E-state index contributed by atoms with van der Waals surface area (Å²) in [5.41, 5.74) is 2.11. The van der Waals surface area contributed by atoms with Crippen LogP contribution >= 0.6 is 0 Å². The van der Waals surface area contributed by atoms with Gasteiger partial charge in [0.15, 0.2) is 11.4 Å². The van der Waals surface area contributed by atoms with Gasteiger partial charge in [0, 0.05) is 18.5 Å². The Balaban J connectivity index is 1.96. The number of rotatable bonds is 6. The van der Waals surface area contributed by atoms with Gasteiger partial charge in [-0.25, -0.2) is 0 Å². The Morgan fingerprint density at radius 3 is 2.10 bits per heavy atom. The van der Waals surface area contributed by atoms with Gasteiger partial charge in [-0.05, 0) is 31.9 Å². The Hall–Kier alpha value is -3.41. The van der Waals surface area contributed by atoms with Crippen molar-refractivity contribution < 1.29 is 9.53 Å². The molecule has 6 nitrogen and oxygen atoms in total. The van der Waals surface area contributed by atoms with Crippen LogP contribution in [-0.4, -0.2) is 39.8 Å². The van der Waals surface area contributed by atoms with Crippen LogP contribution in [0.2, 0.25) is 0 Å². The van der Waals surface area contributed by atoms with Crippen molar-refractivity contribution in [3.8, 4) is 5.75 Å². The first kappa shape index (κ1) is 20.8. The minimum Gasteiger partial charge on any atom is -0.488 e. The molecule has 0 saturated heterocycles. The highest BCUT2D eigenvalue weighted by molar-refractivity contribution is 5.96. The lowest BCUT2D eigenvalue weighted by Crippen LogP contribution is -2.50. The smallest absolute Gasteiger partial charge is 0.276 e. The molecule has 6 heteroatoms. The predicted molar refractivity (Wildman–Crippen MR) is 120 cm³/mol. The lowest BCUT2D eigenvalue weighted by Gasteiger charge is -2.41. The van der Waals surface area contributed by atoms with E-state index in [1.165, 1.54) is 6.20 Å². The lowest BCUT2D eigenvalue weighted by molar-refractivity contribution is 0.0568. The number of carbonyl (C=O) groups excluding carboxylic acids is 1. The Labute approximate surface area is 182 Å². The minimum absolute atomic E-state index is 0.0271. The van der Waals surface area contributed by atoms with Crippen molar-refractivity contribution in [1.29, 1.82) is 0 Å². The third-order valence-corrected chi connectivity index (χ3v) is 5.74. The second-order valence-corrected chi connectivity index (χ2v) is 7.98. The molecule has 1 aliphatic heterocycles. The third-order valence-electron chi connectivity index (χ3n) is 5.74. The van der Waals surface area contributed by atoms with E-state index in [4.69, 9.17) is 4.74 Å². The lowest BCUT2D eigenvalue weighted by atomic mass is 9.83. The van der Waals surface area contributed by atoms with Crippen molar-refractivity contribution in [2.75, 3.05) is 13.2 Å². The molecule has 0 saturated carbocycles. The van der Waals surface area contributed by atoms with E-state index in [0.717, 1.165) is 11.1 Å². The molecule has 160 valence electrons. The van der Waals surface area contributed by atoms with Crippen molar-refractivity contribution in [1.82, 2.24) is 14.7 Å². The van der Waals surface area contributed by atoms with Crippen LogP contribution in [0.1, 0.15) is 54.3 Å². The van der Waals surface area contributed by atoms with E-state index < -0.39 is 0 Å². The van der Waals surface area contributed by atoms with E-state index in [2.05, 4.69) is 29.4 Å². The summed E-state index contributed by atoms with van der Waals surface area (Å²) in [5.74, 6) is -0.197. The number of aromatic nitrogens is 2. The SMILES string of the molecule is CCOc1c2n(ncc1=O)C(C(c1ccccc1)c1ccccc1)CN(C(C)C)C2=O. The molecule has 31 heavy (non-hydrogen) atoms. The molecule has 1 atom stereocenters. The summed E-state index contributed by atoms with van der Waals surface area (Å²) < 4.78 is 7.36. The normalized spacial score (nSPS) is 16.0. The molecule has 0 aliphatic carbocycles. The fraction of sp³-hybridized carbons (Fsp3) is 0.320. The number of hydrogen-bond acceptors (Lipinski definition) is 4. The summed E-state index contributed by atoms with van der Waals surface area (Å²) in [7, 11) is 0. The zero-order valence-electron chi connectivity index (χ0n) is 18.1. The van der Waals surface area contributed by atoms with Crippen molar-refractivity contribution in [2.24, 2.45) is 0 Å². The van der Waals surface area contributed by atoms with Gasteiger partial charge in [-0.15, -0.1) is 0 Å². The maximum atomic E-state index is 13.4. The number of amides is 1. The van der Waals surface area contributed by atoms with E-state index >= 15 is 0 Å². The van der Waals surface area contributed by atoms with Crippen LogP contribution in [-0.2, 0) is 0 Å². The Morgan fingerprint density at radius 2 is 1.58 bits per heavy atom. The molecule has 0 fully saturated rings. The zero-order chi connectivity index (χ0) is 22.0. The van der Waals surface area contributed by atoms with Crippen molar-refractivity contribution >= 4 is 5.91 Å². The van der Waals surface area contributed by atoms with Gasteiger partial charge in [0.2, 0.25) is 5.43 Å². The van der Waals surface area contributed by atoms with Gasteiger partial charge in [-0.1, -0.05) is 60.7 Å². The average molecular weight is 418 g/mol. The molecule has 0 radical (unpaired) electrons. The maximum absolute atomic E-state index is 13.4. The molecule has 1 aromatic heterocycles. The van der Waals surface area contributed by atoms with Gasteiger partial charge >= 0.3 is 0 Å². The van der Waals surface area contributed by atoms with E-state index in [1.807, 2.05) is 55.1 Å². The van der Waals surface area contributed by atoms with Crippen molar-refractivity contribution in [3.63, 3.8) is 0 Å². The molecule has 0 bridgehead atoms. The van der Waals surface area contributed by atoms with Crippen LogP contribution < -0.4 is 10.2 Å². The molecule has 0 spiro atoms. The van der Waals surface area contributed by atoms with Crippen molar-refractivity contribution in [2.45, 2.75) is 38.8 Å². The molecule has 1 unspecified atom stereocenters. The highest BCUT2D eigenvalue weighted by Gasteiger charge is 2.40. The highest BCUT2D eigenvalue weighted by atomic mass is 16.5. The molecular formula is C25H27N3O3. The van der Waals surface area contributed by atoms with Gasteiger partial charge in [-0.3, -0.25) is 14.3 Å². The number of nitrogens with zero attached hydrogens (tertiary/aromatic N) is 3. The average Bonchev–Trinajstić information content (AvgIpc) is 2.78. The van der Waals surface area contributed by atoms with Crippen molar-refractivity contribution in [3.05, 3.63) is 93.9 Å². The first-order chi connectivity index (χ1) is 15.0. The fourth-order valence-electron chi connectivity index (χ4n) is 4.33. The van der Waals surface area contributed by atoms with Crippen LogP contribution in [0.4, 0.5) is 0 Å². The number of ether oxygens (including phenoxy) is 1. The summed E-state index contributed by atoms with van der Waals surface area (Å²) in [4.78, 5) is 27.7. The molecule has 2 aromatic carbocycles. The first-order valence-corrected chi connectivity index (χ1v) is 10.7. The van der Waals surface area contributed by atoms with Gasteiger partial charge in [0.25, 0.3) is 5.91 Å². The van der Waals surface area contributed by atoms with E-state index in [-0.39, 0.29) is 40.8 Å². The molecule has 1 aliphatic rings. The molecule has 2 heterocycles. The Bertz CT molecular complexity index is 1070. The molecule has 4 rings (SSSR count).